The number of benzene rings is 1. The van der Waals surface area contributed by atoms with Crippen molar-refractivity contribution in [1.82, 2.24) is 9.55 Å². The number of carbonyl (C=O) groups is 1. The quantitative estimate of drug-likeness (QED) is 0.798. The number of hydrogen-bond donors (Lipinski definition) is 0. The summed E-state index contributed by atoms with van der Waals surface area (Å²) in [6.45, 7) is 0. The Morgan fingerprint density at radius 1 is 1.19 bits per heavy atom. The van der Waals surface area contributed by atoms with Crippen LogP contribution in [0.4, 0.5) is 26.3 Å². The zero-order valence-corrected chi connectivity index (χ0v) is 10.5. The highest BCUT2D eigenvalue weighted by Crippen LogP contribution is 2.31. The number of hydrogen-bond acceptors (Lipinski definition) is 2. The number of rotatable bonds is 2. The molecule has 0 spiro atoms. The Morgan fingerprint density at radius 3 is 2.33 bits per heavy atom. The molecule has 0 atom stereocenters. The van der Waals surface area contributed by atoms with Gasteiger partial charge in [0, 0.05) is 7.05 Å². The van der Waals surface area contributed by atoms with Crippen molar-refractivity contribution in [2.24, 2.45) is 7.05 Å². The maximum Gasteiger partial charge on any atom is 0.450 e. The molecule has 1 aromatic heterocycles. The van der Waals surface area contributed by atoms with Gasteiger partial charge in [-0.15, -0.1) is 0 Å². The lowest BCUT2D eigenvalue weighted by atomic mass is 10.2. The summed E-state index contributed by atoms with van der Waals surface area (Å²) in [6, 6.07) is 2.64. The average Bonchev–Trinajstić information content (AvgIpc) is 2.63. The summed E-state index contributed by atoms with van der Waals surface area (Å²) in [5.41, 5.74) is -0.855. The third-order valence-electron chi connectivity index (χ3n) is 2.94. The van der Waals surface area contributed by atoms with Crippen LogP contribution < -0.4 is 0 Å². The van der Waals surface area contributed by atoms with Gasteiger partial charge in [0.05, 0.1) is 23.0 Å². The first-order chi connectivity index (χ1) is 9.50. The van der Waals surface area contributed by atoms with E-state index < -0.39 is 30.1 Å². The molecule has 114 valence electrons. The van der Waals surface area contributed by atoms with E-state index in [4.69, 9.17) is 0 Å². The summed E-state index contributed by atoms with van der Waals surface area (Å²) in [6.07, 6.45) is -10.6. The average molecular weight is 310 g/mol. The highest BCUT2D eigenvalue weighted by atomic mass is 19.4. The Morgan fingerprint density at radius 2 is 1.81 bits per heavy atom. The highest BCUT2D eigenvalue weighted by Gasteiger charge is 2.39. The number of imidazole rings is 1. The van der Waals surface area contributed by atoms with Crippen molar-refractivity contribution in [3.63, 3.8) is 0 Å². The summed E-state index contributed by atoms with van der Waals surface area (Å²) >= 11 is 0. The normalized spacial score (nSPS) is 12.9. The summed E-state index contributed by atoms with van der Waals surface area (Å²) in [5.74, 6) is -2.25. The summed E-state index contributed by atoms with van der Waals surface area (Å²) < 4.78 is 75.4. The monoisotopic (exact) mass is 310 g/mol. The van der Waals surface area contributed by atoms with Crippen molar-refractivity contribution >= 4 is 16.8 Å². The van der Waals surface area contributed by atoms with Gasteiger partial charge in [-0.1, -0.05) is 0 Å². The molecule has 2 rings (SSSR count). The number of halogens is 6. The Balaban J connectivity index is 2.44. The fraction of sp³-hybridized carbons (Fsp3) is 0.333. The van der Waals surface area contributed by atoms with E-state index in [0.29, 0.717) is 0 Å². The molecule has 0 amide bonds. The highest BCUT2D eigenvalue weighted by molar-refractivity contribution is 5.86. The Bertz CT molecular complexity index is 698. The van der Waals surface area contributed by atoms with Gasteiger partial charge in [-0.2, -0.15) is 26.3 Å². The molecular formula is C12H8F6N2O. The topological polar surface area (TPSA) is 34.9 Å². The van der Waals surface area contributed by atoms with E-state index in [-0.39, 0.29) is 16.9 Å². The van der Waals surface area contributed by atoms with Crippen LogP contribution in [0.25, 0.3) is 11.0 Å². The van der Waals surface area contributed by atoms with Gasteiger partial charge in [0.1, 0.15) is 5.82 Å². The number of aromatic nitrogens is 2. The maximum absolute atomic E-state index is 12.6. The van der Waals surface area contributed by atoms with Crippen LogP contribution >= 0.6 is 0 Å². The molecule has 0 aliphatic carbocycles. The summed E-state index contributed by atoms with van der Waals surface area (Å²) in [5, 5.41) is 0. The van der Waals surface area contributed by atoms with E-state index in [2.05, 4.69) is 4.98 Å². The number of Topliss-reactive ketones (excluding diaryl/α,β-unsaturated/α-hetero) is 1. The number of alkyl halides is 6. The lowest BCUT2D eigenvalue weighted by Gasteiger charge is -2.06. The van der Waals surface area contributed by atoms with Crippen LogP contribution in [0, 0.1) is 0 Å². The molecule has 0 saturated heterocycles. The van der Waals surface area contributed by atoms with Crippen LogP contribution in [-0.4, -0.2) is 21.5 Å². The number of nitrogens with zero attached hydrogens (tertiary/aromatic N) is 2. The largest absolute Gasteiger partial charge is 0.450 e. The minimum atomic E-state index is -5.00. The smallest absolute Gasteiger partial charge is 0.331 e. The first-order valence-corrected chi connectivity index (χ1v) is 5.62. The molecule has 1 aromatic carbocycles. The van der Waals surface area contributed by atoms with Gasteiger partial charge >= 0.3 is 12.4 Å². The first-order valence-electron chi connectivity index (χ1n) is 5.62. The second-order valence-corrected chi connectivity index (χ2v) is 4.39. The third kappa shape index (κ3) is 3.01. The Labute approximate surface area is 114 Å². The van der Waals surface area contributed by atoms with Crippen molar-refractivity contribution < 1.29 is 31.1 Å². The Kier molecular flexibility index (Phi) is 3.46. The van der Waals surface area contributed by atoms with Crippen molar-refractivity contribution in [2.75, 3.05) is 0 Å². The molecule has 0 N–H and O–H groups in total. The summed E-state index contributed by atoms with van der Waals surface area (Å²) in [4.78, 5) is 14.6. The Hall–Kier alpha value is -2.06. The van der Waals surface area contributed by atoms with Crippen LogP contribution in [-0.2, 0) is 24.4 Å². The molecule has 0 unspecified atom stereocenters. The number of ketones is 1. The number of fused-ring (bicyclic) bond motifs is 1. The molecular weight excluding hydrogens is 302 g/mol. The summed E-state index contributed by atoms with van der Waals surface area (Å²) in [7, 11) is 1.33. The standard InChI is InChI=1S/C12H8F6N2O/c1-20-8-3-2-6(11(13,14)15)4-7(8)19-10(20)5-9(21)12(16,17)18/h2-4H,5H2,1H3. The molecule has 3 nitrogen and oxygen atoms in total. The molecule has 0 saturated carbocycles. The van der Waals surface area contributed by atoms with Crippen molar-refractivity contribution in [3.05, 3.63) is 29.6 Å². The molecule has 9 heteroatoms. The van der Waals surface area contributed by atoms with Gasteiger partial charge in [0.15, 0.2) is 0 Å². The number of aryl methyl sites for hydroxylation is 1. The van der Waals surface area contributed by atoms with Crippen molar-refractivity contribution in [1.29, 1.82) is 0 Å². The molecule has 21 heavy (non-hydrogen) atoms. The van der Waals surface area contributed by atoms with E-state index >= 15 is 0 Å². The van der Waals surface area contributed by atoms with E-state index in [0.717, 1.165) is 18.2 Å². The van der Waals surface area contributed by atoms with Crippen LogP contribution in [0.2, 0.25) is 0 Å². The minimum Gasteiger partial charge on any atom is -0.331 e. The lowest BCUT2D eigenvalue weighted by Crippen LogP contribution is -2.25. The van der Waals surface area contributed by atoms with E-state index in [1.807, 2.05) is 0 Å². The second-order valence-electron chi connectivity index (χ2n) is 4.39. The fourth-order valence-electron chi connectivity index (χ4n) is 1.83. The van der Waals surface area contributed by atoms with Gasteiger partial charge < -0.3 is 4.57 Å². The van der Waals surface area contributed by atoms with E-state index in [9.17, 15) is 31.1 Å². The van der Waals surface area contributed by atoms with Gasteiger partial charge in [-0.25, -0.2) is 4.98 Å². The van der Waals surface area contributed by atoms with Crippen LogP contribution in [0.3, 0.4) is 0 Å². The zero-order chi connectivity index (χ0) is 16.0. The molecule has 0 fully saturated rings. The third-order valence-corrected chi connectivity index (χ3v) is 2.94. The SMILES string of the molecule is Cn1c(CC(=O)C(F)(F)F)nc2cc(C(F)(F)F)ccc21. The first kappa shape index (κ1) is 15.3. The fourth-order valence-corrected chi connectivity index (χ4v) is 1.83. The van der Waals surface area contributed by atoms with Crippen molar-refractivity contribution in [2.45, 2.75) is 18.8 Å². The number of carbonyl (C=O) groups excluding carboxylic acids is 1. The lowest BCUT2D eigenvalue weighted by molar-refractivity contribution is -0.170. The molecule has 0 radical (unpaired) electrons. The molecule has 0 aliphatic heterocycles. The van der Waals surface area contributed by atoms with Gasteiger partial charge in [0.25, 0.3) is 0 Å². The predicted octanol–water partition coefficient (Wildman–Crippen LogP) is 3.27. The van der Waals surface area contributed by atoms with Gasteiger partial charge in [-0.05, 0) is 18.2 Å². The van der Waals surface area contributed by atoms with Crippen molar-refractivity contribution in [3.8, 4) is 0 Å². The van der Waals surface area contributed by atoms with Crippen LogP contribution in [0.5, 0.6) is 0 Å². The second kappa shape index (κ2) is 4.74. The molecule has 2 aromatic rings. The van der Waals surface area contributed by atoms with E-state index in [1.54, 1.807) is 0 Å². The predicted molar refractivity (Wildman–Crippen MR) is 60.5 cm³/mol. The minimum absolute atomic E-state index is 0.114. The maximum atomic E-state index is 12.6. The van der Waals surface area contributed by atoms with Gasteiger partial charge in [-0.3, -0.25) is 4.79 Å². The molecule has 1 heterocycles. The van der Waals surface area contributed by atoms with Gasteiger partial charge in [0.2, 0.25) is 5.78 Å². The zero-order valence-electron chi connectivity index (χ0n) is 10.5. The molecule has 0 aliphatic rings. The molecule has 0 bridgehead atoms. The van der Waals surface area contributed by atoms with Crippen LogP contribution in [0.15, 0.2) is 18.2 Å². The van der Waals surface area contributed by atoms with E-state index in [1.165, 1.54) is 11.6 Å². The van der Waals surface area contributed by atoms with Crippen LogP contribution in [0.1, 0.15) is 11.4 Å².